The van der Waals surface area contributed by atoms with Gasteiger partial charge >= 0.3 is 0 Å². The van der Waals surface area contributed by atoms with Crippen molar-refractivity contribution in [2.75, 3.05) is 11.1 Å². The van der Waals surface area contributed by atoms with Crippen LogP contribution in [0.5, 0.6) is 0 Å². The number of hydrogen-bond acceptors (Lipinski definition) is 5. The summed E-state index contributed by atoms with van der Waals surface area (Å²) in [4.78, 5) is 21.9. The van der Waals surface area contributed by atoms with E-state index in [0.717, 1.165) is 22.8 Å². The molecule has 4 nitrogen and oxygen atoms in total. The lowest BCUT2D eigenvalue weighted by Gasteiger charge is -2.08. The zero-order valence-corrected chi connectivity index (χ0v) is 12.2. The number of halogens is 1. The van der Waals surface area contributed by atoms with Gasteiger partial charge in [0.05, 0.1) is 4.88 Å². The zero-order valence-electron chi connectivity index (χ0n) is 9.85. The summed E-state index contributed by atoms with van der Waals surface area (Å²) in [6.07, 6.45) is 2.57. The maximum absolute atomic E-state index is 12.1. The summed E-state index contributed by atoms with van der Waals surface area (Å²) in [5.41, 5.74) is 1.28. The fraction of sp³-hybridized carbons (Fsp3) is 0.250. The van der Waals surface area contributed by atoms with Crippen molar-refractivity contribution in [3.63, 3.8) is 0 Å². The second kappa shape index (κ2) is 5.48. The van der Waals surface area contributed by atoms with Gasteiger partial charge in [0.1, 0.15) is 5.82 Å². The first-order chi connectivity index (χ1) is 9.22. The number of aryl methyl sites for hydroxylation is 1. The van der Waals surface area contributed by atoms with Crippen LogP contribution in [-0.4, -0.2) is 21.6 Å². The van der Waals surface area contributed by atoms with Gasteiger partial charge in [0.2, 0.25) is 5.28 Å². The van der Waals surface area contributed by atoms with Gasteiger partial charge in [-0.25, -0.2) is 9.97 Å². The third-order valence-corrected chi connectivity index (χ3v) is 5.15. The standard InChI is InChI=1S/C12H10ClN3OS2/c13-12-14-3-1-10(16-12)15-11(17)9-5-7-6-18-4-2-8(7)19-9/h1,3,5H,2,4,6H2,(H,14,15,16,17). The first-order valence-electron chi connectivity index (χ1n) is 5.71. The van der Waals surface area contributed by atoms with Gasteiger partial charge in [0.15, 0.2) is 0 Å². The molecule has 1 amide bonds. The molecular weight excluding hydrogens is 302 g/mol. The smallest absolute Gasteiger partial charge is 0.266 e. The van der Waals surface area contributed by atoms with E-state index in [1.807, 2.05) is 17.8 Å². The van der Waals surface area contributed by atoms with Crippen LogP contribution in [0.2, 0.25) is 5.28 Å². The van der Waals surface area contributed by atoms with Gasteiger partial charge in [-0.3, -0.25) is 4.79 Å². The highest BCUT2D eigenvalue weighted by Crippen LogP contribution is 2.31. The van der Waals surface area contributed by atoms with E-state index in [1.165, 1.54) is 16.6 Å². The molecule has 0 fully saturated rings. The molecule has 0 bridgehead atoms. The number of rotatable bonds is 2. The van der Waals surface area contributed by atoms with Gasteiger partial charge in [-0.1, -0.05) is 0 Å². The quantitative estimate of drug-likeness (QED) is 0.865. The van der Waals surface area contributed by atoms with Crippen molar-refractivity contribution < 1.29 is 4.79 Å². The number of aromatic nitrogens is 2. The van der Waals surface area contributed by atoms with E-state index in [1.54, 1.807) is 17.4 Å². The van der Waals surface area contributed by atoms with Gasteiger partial charge in [-0.2, -0.15) is 11.8 Å². The van der Waals surface area contributed by atoms with Crippen LogP contribution in [0.15, 0.2) is 18.3 Å². The third-order valence-electron chi connectivity index (χ3n) is 2.72. The number of carbonyl (C=O) groups is 1. The number of carbonyl (C=O) groups excluding carboxylic acids is 1. The van der Waals surface area contributed by atoms with Gasteiger partial charge in [-0.05, 0) is 41.5 Å². The number of thiophene rings is 1. The van der Waals surface area contributed by atoms with Crippen LogP contribution in [0.25, 0.3) is 0 Å². The first-order valence-corrected chi connectivity index (χ1v) is 8.06. The molecule has 3 rings (SSSR count). The Morgan fingerprint density at radius 3 is 3.16 bits per heavy atom. The Morgan fingerprint density at radius 1 is 1.47 bits per heavy atom. The van der Waals surface area contributed by atoms with E-state index < -0.39 is 0 Å². The molecule has 0 radical (unpaired) electrons. The molecule has 0 aromatic carbocycles. The summed E-state index contributed by atoms with van der Waals surface area (Å²) in [5.74, 6) is 2.42. The Hall–Kier alpha value is -1.11. The number of hydrogen-bond donors (Lipinski definition) is 1. The molecule has 0 aliphatic carbocycles. The Bertz CT molecular complexity index is 606. The minimum Gasteiger partial charge on any atom is -0.306 e. The average molecular weight is 312 g/mol. The summed E-state index contributed by atoms with van der Waals surface area (Å²) in [6, 6.07) is 3.59. The molecular formula is C12H10ClN3OS2. The largest absolute Gasteiger partial charge is 0.306 e. The van der Waals surface area contributed by atoms with Crippen LogP contribution in [0.4, 0.5) is 5.82 Å². The van der Waals surface area contributed by atoms with Gasteiger partial charge in [-0.15, -0.1) is 11.3 Å². The monoisotopic (exact) mass is 311 g/mol. The summed E-state index contributed by atoms with van der Waals surface area (Å²) < 4.78 is 0. The van der Waals surface area contributed by atoms with Crippen molar-refractivity contribution >= 4 is 46.4 Å². The molecule has 7 heteroatoms. The van der Waals surface area contributed by atoms with E-state index in [9.17, 15) is 4.79 Å². The predicted octanol–water partition coefficient (Wildman–Crippen LogP) is 3.23. The Labute approximate surface area is 123 Å². The molecule has 3 heterocycles. The van der Waals surface area contributed by atoms with Crippen molar-refractivity contribution in [1.82, 2.24) is 9.97 Å². The minimum atomic E-state index is -0.140. The predicted molar refractivity (Wildman–Crippen MR) is 79.2 cm³/mol. The number of fused-ring (bicyclic) bond motifs is 1. The normalized spacial score (nSPS) is 13.9. The molecule has 98 valence electrons. The number of nitrogens with one attached hydrogen (secondary N) is 1. The van der Waals surface area contributed by atoms with Crippen molar-refractivity contribution in [3.8, 4) is 0 Å². The summed E-state index contributed by atoms with van der Waals surface area (Å²) in [7, 11) is 0. The molecule has 0 saturated carbocycles. The van der Waals surface area contributed by atoms with E-state index in [4.69, 9.17) is 11.6 Å². The highest BCUT2D eigenvalue weighted by atomic mass is 35.5. The molecule has 0 saturated heterocycles. The van der Waals surface area contributed by atoms with Crippen LogP contribution < -0.4 is 5.32 Å². The van der Waals surface area contributed by atoms with E-state index in [2.05, 4.69) is 15.3 Å². The van der Waals surface area contributed by atoms with E-state index >= 15 is 0 Å². The van der Waals surface area contributed by atoms with Crippen molar-refractivity contribution in [3.05, 3.63) is 38.9 Å². The van der Waals surface area contributed by atoms with Gasteiger partial charge in [0, 0.05) is 16.8 Å². The number of thioether (sulfide) groups is 1. The Morgan fingerprint density at radius 2 is 2.37 bits per heavy atom. The van der Waals surface area contributed by atoms with Gasteiger partial charge in [0.25, 0.3) is 5.91 Å². The fourth-order valence-corrected chi connectivity index (χ4v) is 4.26. The lowest BCUT2D eigenvalue weighted by molar-refractivity contribution is 0.103. The molecule has 0 spiro atoms. The Balaban J connectivity index is 1.78. The molecule has 0 unspecified atom stereocenters. The number of anilines is 1. The first kappa shape index (κ1) is 12.9. The molecule has 2 aromatic rings. The zero-order chi connectivity index (χ0) is 13.2. The van der Waals surface area contributed by atoms with Crippen LogP contribution in [0, 0.1) is 0 Å². The van der Waals surface area contributed by atoms with Crippen molar-refractivity contribution in [2.24, 2.45) is 0 Å². The number of nitrogens with zero attached hydrogens (tertiary/aromatic N) is 2. The van der Waals surface area contributed by atoms with E-state index in [0.29, 0.717) is 5.82 Å². The summed E-state index contributed by atoms with van der Waals surface area (Å²) >= 11 is 9.15. The van der Waals surface area contributed by atoms with Crippen molar-refractivity contribution in [2.45, 2.75) is 12.2 Å². The summed E-state index contributed by atoms with van der Waals surface area (Å²) in [6.45, 7) is 0. The molecule has 2 aromatic heterocycles. The lowest BCUT2D eigenvalue weighted by Crippen LogP contribution is -2.11. The maximum Gasteiger partial charge on any atom is 0.266 e. The van der Waals surface area contributed by atoms with Crippen molar-refractivity contribution in [1.29, 1.82) is 0 Å². The Kier molecular flexibility index (Phi) is 3.72. The minimum absolute atomic E-state index is 0.125. The van der Waals surface area contributed by atoms with Gasteiger partial charge < -0.3 is 5.32 Å². The van der Waals surface area contributed by atoms with Crippen LogP contribution in [-0.2, 0) is 12.2 Å². The molecule has 0 atom stereocenters. The topological polar surface area (TPSA) is 54.9 Å². The van der Waals surface area contributed by atoms with Crippen LogP contribution in [0.1, 0.15) is 20.1 Å². The van der Waals surface area contributed by atoms with Crippen LogP contribution >= 0.6 is 34.7 Å². The lowest BCUT2D eigenvalue weighted by atomic mass is 10.2. The highest BCUT2D eigenvalue weighted by molar-refractivity contribution is 7.98. The fourth-order valence-electron chi connectivity index (χ4n) is 1.84. The molecule has 1 aliphatic heterocycles. The second-order valence-corrected chi connectivity index (χ2v) is 6.61. The van der Waals surface area contributed by atoms with E-state index in [-0.39, 0.29) is 11.2 Å². The highest BCUT2D eigenvalue weighted by Gasteiger charge is 2.17. The summed E-state index contributed by atoms with van der Waals surface area (Å²) in [5, 5.41) is 2.86. The molecule has 1 aliphatic rings. The second-order valence-electron chi connectivity index (χ2n) is 4.03. The number of amides is 1. The maximum atomic E-state index is 12.1. The molecule has 19 heavy (non-hydrogen) atoms. The molecule has 1 N–H and O–H groups in total. The SMILES string of the molecule is O=C(Nc1ccnc(Cl)n1)c1cc2c(s1)CCSC2. The third kappa shape index (κ3) is 2.91. The average Bonchev–Trinajstić information content (AvgIpc) is 2.82. The van der Waals surface area contributed by atoms with Crippen LogP contribution in [0.3, 0.4) is 0 Å².